The number of nitrogens with one attached hydrogen (secondary N) is 2. The van der Waals surface area contributed by atoms with Crippen LogP contribution in [0.5, 0.6) is 11.5 Å². The van der Waals surface area contributed by atoms with Crippen LogP contribution in [0, 0.1) is 0 Å². The number of hydrogen-bond acceptors (Lipinski definition) is 4. The SMILES string of the molecule is O=C(Nc1ccc(Oc2ccccc2)cc1)c1ccc(NS(=O)(=O)c2ccccc2)cc1. The van der Waals surface area contributed by atoms with E-state index in [2.05, 4.69) is 10.0 Å². The Morgan fingerprint density at radius 2 is 1.16 bits per heavy atom. The molecule has 1 amide bonds. The van der Waals surface area contributed by atoms with Gasteiger partial charge in [0.2, 0.25) is 0 Å². The van der Waals surface area contributed by atoms with Gasteiger partial charge in [-0.15, -0.1) is 0 Å². The zero-order valence-electron chi connectivity index (χ0n) is 16.9. The van der Waals surface area contributed by atoms with Gasteiger partial charge < -0.3 is 10.1 Å². The molecule has 0 atom stereocenters. The Morgan fingerprint density at radius 3 is 1.78 bits per heavy atom. The highest BCUT2D eigenvalue weighted by Crippen LogP contribution is 2.23. The summed E-state index contributed by atoms with van der Waals surface area (Å²) in [6.07, 6.45) is 0. The summed E-state index contributed by atoms with van der Waals surface area (Å²) in [6, 6.07) is 30.7. The van der Waals surface area contributed by atoms with Crippen molar-refractivity contribution in [1.82, 2.24) is 0 Å². The molecule has 0 saturated heterocycles. The summed E-state index contributed by atoms with van der Waals surface area (Å²) in [4.78, 5) is 12.7. The second kappa shape index (κ2) is 9.36. The highest BCUT2D eigenvalue weighted by atomic mass is 32.2. The monoisotopic (exact) mass is 444 g/mol. The second-order valence-electron chi connectivity index (χ2n) is 6.89. The third kappa shape index (κ3) is 5.33. The topological polar surface area (TPSA) is 84.5 Å². The number of benzene rings is 4. The molecule has 0 bridgehead atoms. The van der Waals surface area contributed by atoms with E-state index >= 15 is 0 Å². The van der Waals surface area contributed by atoms with E-state index in [0.717, 1.165) is 5.75 Å². The van der Waals surface area contributed by atoms with Crippen LogP contribution in [0.1, 0.15) is 10.4 Å². The predicted molar refractivity (Wildman–Crippen MR) is 125 cm³/mol. The third-order valence-corrected chi connectivity index (χ3v) is 5.94. The van der Waals surface area contributed by atoms with E-state index in [1.165, 1.54) is 12.1 Å². The fourth-order valence-corrected chi connectivity index (χ4v) is 4.02. The largest absolute Gasteiger partial charge is 0.457 e. The molecule has 0 radical (unpaired) electrons. The first-order chi connectivity index (χ1) is 15.5. The van der Waals surface area contributed by atoms with Crippen molar-refractivity contribution in [3.05, 3.63) is 115 Å². The maximum absolute atomic E-state index is 12.5. The van der Waals surface area contributed by atoms with Crippen LogP contribution in [0.3, 0.4) is 0 Å². The summed E-state index contributed by atoms with van der Waals surface area (Å²) >= 11 is 0. The molecule has 6 nitrogen and oxygen atoms in total. The zero-order valence-corrected chi connectivity index (χ0v) is 17.8. The van der Waals surface area contributed by atoms with Crippen molar-refractivity contribution in [1.29, 1.82) is 0 Å². The minimum Gasteiger partial charge on any atom is -0.457 e. The quantitative estimate of drug-likeness (QED) is 0.392. The minimum absolute atomic E-state index is 0.168. The first kappa shape index (κ1) is 21.1. The summed E-state index contributed by atoms with van der Waals surface area (Å²) in [6.45, 7) is 0. The van der Waals surface area contributed by atoms with Gasteiger partial charge in [0.1, 0.15) is 11.5 Å². The van der Waals surface area contributed by atoms with E-state index < -0.39 is 10.0 Å². The van der Waals surface area contributed by atoms with Gasteiger partial charge in [-0.05, 0) is 72.8 Å². The van der Waals surface area contributed by atoms with E-state index in [9.17, 15) is 13.2 Å². The molecular weight excluding hydrogens is 424 g/mol. The Balaban J connectivity index is 1.37. The Kier molecular flexibility index (Phi) is 6.19. The zero-order chi connectivity index (χ0) is 22.4. The summed E-state index contributed by atoms with van der Waals surface area (Å²) in [5.74, 6) is 1.08. The van der Waals surface area contributed by atoms with Crippen LogP contribution in [0.25, 0.3) is 0 Å². The Morgan fingerprint density at radius 1 is 0.625 bits per heavy atom. The lowest BCUT2D eigenvalue weighted by Gasteiger charge is -2.10. The average Bonchev–Trinajstić information content (AvgIpc) is 2.82. The van der Waals surface area contributed by atoms with Gasteiger partial charge in [0.05, 0.1) is 4.90 Å². The molecule has 0 spiro atoms. The van der Waals surface area contributed by atoms with Crippen molar-refractivity contribution in [2.45, 2.75) is 4.90 Å². The van der Waals surface area contributed by atoms with E-state index in [-0.39, 0.29) is 10.8 Å². The second-order valence-corrected chi connectivity index (χ2v) is 8.57. The smallest absolute Gasteiger partial charge is 0.261 e. The van der Waals surface area contributed by atoms with Crippen molar-refractivity contribution in [2.24, 2.45) is 0 Å². The van der Waals surface area contributed by atoms with Crippen LogP contribution in [0.4, 0.5) is 11.4 Å². The molecular formula is C25H20N2O4S. The molecule has 4 rings (SSSR count). The van der Waals surface area contributed by atoms with Gasteiger partial charge in [0, 0.05) is 16.9 Å². The number of carbonyl (C=O) groups excluding carboxylic acids is 1. The van der Waals surface area contributed by atoms with E-state index in [1.54, 1.807) is 66.7 Å². The number of para-hydroxylation sites is 1. The van der Waals surface area contributed by atoms with Crippen LogP contribution in [0.15, 0.2) is 114 Å². The molecule has 2 N–H and O–H groups in total. The Labute approximate surface area is 186 Å². The molecule has 0 saturated carbocycles. The minimum atomic E-state index is -3.68. The lowest BCUT2D eigenvalue weighted by Crippen LogP contribution is -2.14. The Hall–Kier alpha value is -4.10. The number of ether oxygens (including phenoxy) is 1. The van der Waals surface area contributed by atoms with Crippen LogP contribution in [-0.4, -0.2) is 14.3 Å². The molecule has 0 fully saturated rings. The molecule has 32 heavy (non-hydrogen) atoms. The van der Waals surface area contributed by atoms with Crippen molar-refractivity contribution in [2.75, 3.05) is 10.0 Å². The number of sulfonamides is 1. The molecule has 4 aromatic carbocycles. The molecule has 0 aliphatic heterocycles. The van der Waals surface area contributed by atoms with E-state index in [4.69, 9.17) is 4.74 Å². The van der Waals surface area contributed by atoms with Gasteiger partial charge >= 0.3 is 0 Å². The third-order valence-electron chi connectivity index (χ3n) is 4.54. The van der Waals surface area contributed by atoms with Gasteiger partial charge in [-0.25, -0.2) is 8.42 Å². The Bertz CT molecular complexity index is 1290. The van der Waals surface area contributed by atoms with Crippen LogP contribution in [-0.2, 0) is 10.0 Å². The summed E-state index contributed by atoms with van der Waals surface area (Å²) in [5, 5.41) is 2.81. The molecule has 0 aliphatic carbocycles. The maximum atomic E-state index is 12.5. The number of anilines is 2. The molecule has 4 aromatic rings. The van der Waals surface area contributed by atoms with Gasteiger partial charge in [0.15, 0.2) is 0 Å². The summed E-state index contributed by atoms with van der Waals surface area (Å²) in [7, 11) is -3.68. The van der Waals surface area contributed by atoms with Gasteiger partial charge in [-0.1, -0.05) is 36.4 Å². The maximum Gasteiger partial charge on any atom is 0.261 e. The number of amides is 1. The molecule has 0 heterocycles. The highest BCUT2D eigenvalue weighted by molar-refractivity contribution is 7.92. The van der Waals surface area contributed by atoms with Gasteiger partial charge in [0.25, 0.3) is 15.9 Å². The average molecular weight is 445 g/mol. The van der Waals surface area contributed by atoms with Crippen molar-refractivity contribution >= 4 is 27.3 Å². The lowest BCUT2D eigenvalue weighted by molar-refractivity contribution is 0.102. The normalized spacial score (nSPS) is 10.9. The van der Waals surface area contributed by atoms with Crippen molar-refractivity contribution < 1.29 is 17.9 Å². The van der Waals surface area contributed by atoms with Crippen molar-refractivity contribution in [3.63, 3.8) is 0 Å². The van der Waals surface area contributed by atoms with Crippen LogP contribution >= 0.6 is 0 Å². The van der Waals surface area contributed by atoms with Crippen molar-refractivity contribution in [3.8, 4) is 11.5 Å². The molecule has 160 valence electrons. The lowest BCUT2D eigenvalue weighted by atomic mass is 10.2. The highest BCUT2D eigenvalue weighted by Gasteiger charge is 2.14. The number of carbonyl (C=O) groups is 1. The molecule has 7 heteroatoms. The van der Waals surface area contributed by atoms with E-state index in [0.29, 0.717) is 22.7 Å². The molecule has 0 aromatic heterocycles. The fourth-order valence-electron chi connectivity index (χ4n) is 2.94. The molecule has 0 unspecified atom stereocenters. The number of rotatable bonds is 7. The number of hydrogen-bond donors (Lipinski definition) is 2. The van der Waals surface area contributed by atoms with E-state index in [1.807, 2.05) is 30.3 Å². The first-order valence-electron chi connectivity index (χ1n) is 9.82. The summed E-state index contributed by atoms with van der Waals surface area (Å²) in [5.41, 5.74) is 1.38. The molecule has 0 aliphatic rings. The van der Waals surface area contributed by atoms with Crippen LogP contribution < -0.4 is 14.8 Å². The summed E-state index contributed by atoms with van der Waals surface area (Å²) < 4.78 is 33.0. The standard InChI is InChI=1S/C25H20N2O4S/c28-25(26-20-15-17-23(18-16-20)31-22-7-3-1-4-8-22)19-11-13-21(14-12-19)27-32(29,30)24-9-5-2-6-10-24/h1-18,27H,(H,26,28). The predicted octanol–water partition coefficient (Wildman–Crippen LogP) is 5.53. The van der Waals surface area contributed by atoms with Crippen LogP contribution in [0.2, 0.25) is 0 Å². The fraction of sp³-hybridized carbons (Fsp3) is 0. The van der Waals surface area contributed by atoms with Gasteiger partial charge in [-0.3, -0.25) is 9.52 Å². The van der Waals surface area contributed by atoms with Gasteiger partial charge in [-0.2, -0.15) is 0 Å². The first-order valence-corrected chi connectivity index (χ1v) is 11.3.